The predicted molar refractivity (Wildman–Crippen MR) is 192 cm³/mol. The van der Waals surface area contributed by atoms with Crippen molar-refractivity contribution >= 4 is 60.5 Å². The minimum absolute atomic E-state index is 0.798. The summed E-state index contributed by atoms with van der Waals surface area (Å²) in [7, 11) is 0. The van der Waals surface area contributed by atoms with E-state index >= 15 is 0 Å². The van der Waals surface area contributed by atoms with Gasteiger partial charge >= 0.3 is 0 Å². The lowest BCUT2D eigenvalue weighted by Crippen LogP contribution is -2.10. The normalized spacial score (nSPS) is 11.5. The zero-order valence-electron chi connectivity index (χ0n) is 25.0. The number of nitrogens with zero attached hydrogens (tertiary/aromatic N) is 2. The van der Waals surface area contributed by atoms with Crippen molar-refractivity contribution in [1.29, 1.82) is 0 Å². The average Bonchev–Trinajstić information content (AvgIpc) is 3.52. The molecule has 216 valence electrons. The summed E-state index contributed by atoms with van der Waals surface area (Å²) >= 11 is 0. The van der Waals surface area contributed by atoms with Crippen LogP contribution in [0, 0.1) is 0 Å². The van der Waals surface area contributed by atoms with Gasteiger partial charge in [0.2, 0.25) is 0 Å². The van der Waals surface area contributed by atoms with Gasteiger partial charge in [0.1, 0.15) is 5.58 Å². The Hall–Kier alpha value is -6.19. The Morgan fingerprint density at radius 2 is 1.15 bits per heavy atom. The fourth-order valence-corrected chi connectivity index (χ4v) is 6.75. The van der Waals surface area contributed by atoms with Gasteiger partial charge in [-0.15, -0.1) is 0 Å². The van der Waals surface area contributed by atoms with Crippen LogP contribution in [0.5, 0.6) is 0 Å². The van der Waals surface area contributed by atoms with Crippen molar-refractivity contribution in [1.82, 2.24) is 4.98 Å². The van der Waals surface area contributed by atoms with E-state index in [1.807, 2.05) is 12.3 Å². The Morgan fingerprint density at radius 3 is 2.07 bits per heavy atom. The van der Waals surface area contributed by atoms with E-state index in [4.69, 9.17) is 4.42 Å². The zero-order valence-corrected chi connectivity index (χ0v) is 25.0. The molecule has 3 nitrogen and oxygen atoms in total. The van der Waals surface area contributed by atoms with Gasteiger partial charge < -0.3 is 9.32 Å². The van der Waals surface area contributed by atoms with E-state index in [0.717, 1.165) is 44.4 Å². The zero-order chi connectivity index (χ0) is 30.5. The van der Waals surface area contributed by atoms with Crippen LogP contribution in [0.3, 0.4) is 0 Å². The van der Waals surface area contributed by atoms with Crippen molar-refractivity contribution in [2.75, 3.05) is 4.90 Å². The van der Waals surface area contributed by atoms with Crippen LogP contribution >= 0.6 is 0 Å². The van der Waals surface area contributed by atoms with Crippen LogP contribution < -0.4 is 4.90 Å². The van der Waals surface area contributed by atoms with Crippen LogP contribution in [0.2, 0.25) is 0 Å². The van der Waals surface area contributed by atoms with Gasteiger partial charge in [0.15, 0.2) is 5.58 Å². The van der Waals surface area contributed by atoms with E-state index in [0.29, 0.717) is 0 Å². The van der Waals surface area contributed by atoms with Gasteiger partial charge in [0.05, 0.1) is 6.20 Å². The number of furan rings is 1. The first-order valence-corrected chi connectivity index (χ1v) is 15.5. The van der Waals surface area contributed by atoms with E-state index < -0.39 is 0 Å². The first kappa shape index (κ1) is 26.2. The highest BCUT2D eigenvalue weighted by Crippen LogP contribution is 2.41. The molecule has 3 heteroatoms. The molecule has 2 aromatic heterocycles. The highest BCUT2D eigenvalue weighted by Gasteiger charge is 2.17. The number of benzene rings is 7. The molecule has 0 unspecified atom stereocenters. The van der Waals surface area contributed by atoms with Crippen molar-refractivity contribution < 1.29 is 4.42 Å². The maximum Gasteiger partial charge on any atom is 0.153 e. The third kappa shape index (κ3) is 4.41. The molecule has 9 aromatic rings. The highest BCUT2D eigenvalue weighted by atomic mass is 16.3. The smallest absolute Gasteiger partial charge is 0.153 e. The lowest BCUT2D eigenvalue weighted by molar-refractivity contribution is 0.667. The second-order valence-electron chi connectivity index (χ2n) is 11.6. The van der Waals surface area contributed by atoms with Crippen molar-refractivity contribution in [3.63, 3.8) is 0 Å². The summed E-state index contributed by atoms with van der Waals surface area (Å²) in [5, 5.41) is 7.00. The van der Waals surface area contributed by atoms with Gasteiger partial charge in [-0.3, -0.25) is 4.98 Å². The number of hydrogen-bond donors (Lipinski definition) is 0. The number of rotatable bonds is 5. The molecule has 0 radical (unpaired) electrons. The molecule has 0 aliphatic heterocycles. The quantitative estimate of drug-likeness (QED) is 0.200. The van der Waals surface area contributed by atoms with E-state index in [2.05, 4.69) is 162 Å². The molecule has 0 saturated carbocycles. The minimum Gasteiger partial charge on any atom is -0.454 e. The Bertz CT molecular complexity index is 2530. The summed E-state index contributed by atoms with van der Waals surface area (Å²) in [4.78, 5) is 6.64. The lowest BCUT2D eigenvalue weighted by atomic mass is 9.98. The van der Waals surface area contributed by atoms with E-state index in [-0.39, 0.29) is 0 Å². The van der Waals surface area contributed by atoms with Crippen LogP contribution in [-0.4, -0.2) is 4.98 Å². The molecule has 7 aromatic carbocycles. The number of anilines is 3. The molecule has 46 heavy (non-hydrogen) atoms. The molecule has 0 aliphatic rings. The Morgan fingerprint density at radius 1 is 0.435 bits per heavy atom. The second kappa shape index (κ2) is 10.8. The van der Waals surface area contributed by atoms with E-state index in [1.54, 1.807) is 6.20 Å². The van der Waals surface area contributed by atoms with Gasteiger partial charge in [-0.25, -0.2) is 0 Å². The van der Waals surface area contributed by atoms with Crippen LogP contribution in [0.1, 0.15) is 0 Å². The molecular formula is C43H28N2O. The Labute approximate surface area is 266 Å². The molecule has 0 spiro atoms. The molecule has 0 bridgehead atoms. The molecule has 0 fully saturated rings. The number of fused-ring (bicyclic) bond motifs is 6. The van der Waals surface area contributed by atoms with Crippen LogP contribution in [0.4, 0.5) is 17.1 Å². The highest BCUT2D eigenvalue weighted by molar-refractivity contribution is 6.19. The lowest BCUT2D eigenvalue weighted by Gasteiger charge is -2.27. The van der Waals surface area contributed by atoms with Gasteiger partial charge in [-0.2, -0.15) is 0 Å². The topological polar surface area (TPSA) is 29.3 Å². The van der Waals surface area contributed by atoms with Crippen LogP contribution in [-0.2, 0) is 0 Å². The van der Waals surface area contributed by atoms with E-state index in [1.165, 1.54) is 38.4 Å². The summed E-state index contributed by atoms with van der Waals surface area (Å²) in [6, 6.07) is 56.3. The van der Waals surface area contributed by atoms with Gasteiger partial charge in [0, 0.05) is 34.0 Å². The number of hydrogen-bond acceptors (Lipinski definition) is 3. The van der Waals surface area contributed by atoms with Crippen molar-refractivity contribution in [3.8, 4) is 22.3 Å². The van der Waals surface area contributed by atoms with Crippen LogP contribution in [0.15, 0.2) is 175 Å². The molecule has 0 atom stereocenters. The summed E-state index contributed by atoms with van der Waals surface area (Å²) in [6.07, 6.45) is 3.63. The molecular weight excluding hydrogens is 560 g/mol. The predicted octanol–water partition coefficient (Wildman–Crippen LogP) is 12.1. The molecule has 9 rings (SSSR count). The monoisotopic (exact) mass is 588 g/mol. The van der Waals surface area contributed by atoms with Crippen molar-refractivity contribution in [3.05, 3.63) is 170 Å². The average molecular weight is 589 g/mol. The molecule has 0 aliphatic carbocycles. The SMILES string of the molecule is c1ccc(-c2cccc(N(c3ccc(-c4cccc5ccccc45)cc3)c3ccc4ccc5oc6cnccc6c5c4c3)c2)cc1. The molecule has 2 heterocycles. The Balaban J connectivity index is 1.23. The first-order chi connectivity index (χ1) is 22.8. The maximum absolute atomic E-state index is 6.20. The summed E-state index contributed by atoms with van der Waals surface area (Å²) < 4.78 is 6.20. The fraction of sp³-hybridized carbons (Fsp3) is 0. The fourth-order valence-electron chi connectivity index (χ4n) is 6.75. The molecule has 0 saturated heterocycles. The first-order valence-electron chi connectivity index (χ1n) is 15.5. The largest absolute Gasteiger partial charge is 0.454 e. The van der Waals surface area contributed by atoms with Crippen LogP contribution in [0.25, 0.3) is 65.7 Å². The van der Waals surface area contributed by atoms with Gasteiger partial charge in [0.25, 0.3) is 0 Å². The van der Waals surface area contributed by atoms with Crippen molar-refractivity contribution in [2.24, 2.45) is 0 Å². The van der Waals surface area contributed by atoms with Gasteiger partial charge in [-0.1, -0.05) is 109 Å². The summed E-state index contributed by atoms with van der Waals surface area (Å²) in [6.45, 7) is 0. The molecule has 0 N–H and O–H groups in total. The van der Waals surface area contributed by atoms with E-state index in [9.17, 15) is 0 Å². The van der Waals surface area contributed by atoms with Gasteiger partial charge in [-0.05, 0) is 92.3 Å². The standard InChI is InChI=1S/C43H28N2O/c1-2-8-29(9-3-1)33-12-6-13-35(26-33)45(34-20-16-31(17-21-34)38-15-7-11-30-10-4-5-14-37(30)38)36-22-18-32-19-23-41-43(40(32)27-36)39-24-25-44-28-42(39)46-41/h1-28H. The molecule has 0 amide bonds. The third-order valence-corrected chi connectivity index (χ3v) is 8.94. The number of aromatic nitrogens is 1. The minimum atomic E-state index is 0.798. The Kier molecular flexibility index (Phi) is 6.14. The maximum atomic E-state index is 6.20. The second-order valence-corrected chi connectivity index (χ2v) is 11.6. The van der Waals surface area contributed by atoms with Crippen molar-refractivity contribution in [2.45, 2.75) is 0 Å². The number of pyridine rings is 1. The summed E-state index contributed by atoms with van der Waals surface area (Å²) in [5.41, 5.74) is 9.70. The third-order valence-electron chi connectivity index (χ3n) is 8.94. The summed E-state index contributed by atoms with van der Waals surface area (Å²) in [5.74, 6) is 0.